The molecule has 0 aliphatic carbocycles. The lowest BCUT2D eigenvalue weighted by Gasteiger charge is -2.11. The number of hydrogen-bond donors (Lipinski definition) is 2. The fraction of sp³-hybridized carbons (Fsp3) is 0.105. The molecule has 0 aliphatic heterocycles. The lowest BCUT2D eigenvalue weighted by atomic mass is 10.2. The largest absolute Gasteiger partial charge is 0.340 e. The van der Waals surface area contributed by atoms with Crippen LogP contribution in [-0.2, 0) is 10.0 Å². The standard InChI is InChI=1S/C19H19N3O2S/c1-14-7-10-17(11-8-14)25(23,24)22-16-9-12-19(20-13-16)21-18-6-4-3-5-15(18)2/h3-13,22H,1-2H3,(H,20,21). The number of hydrogen-bond acceptors (Lipinski definition) is 4. The zero-order valence-electron chi connectivity index (χ0n) is 14.0. The van der Waals surface area contributed by atoms with E-state index in [9.17, 15) is 8.42 Å². The first-order chi connectivity index (χ1) is 11.9. The van der Waals surface area contributed by atoms with Crippen molar-refractivity contribution in [3.05, 3.63) is 78.0 Å². The van der Waals surface area contributed by atoms with Gasteiger partial charge in [0, 0.05) is 5.69 Å². The van der Waals surface area contributed by atoms with Gasteiger partial charge in [-0.3, -0.25) is 4.72 Å². The van der Waals surface area contributed by atoms with Crippen LogP contribution >= 0.6 is 0 Å². The SMILES string of the molecule is Cc1ccc(S(=O)(=O)Nc2ccc(Nc3ccccc3C)nc2)cc1. The van der Waals surface area contributed by atoms with Crippen molar-refractivity contribution in [3.8, 4) is 0 Å². The Morgan fingerprint density at radius 1 is 0.880 bits per heavy atom. The van der Waals surface area contributed by atoms with Crippen LogP contribution in [0.25, 0.3) is 0 Å². The molecule has 0 spiro atoms. The lowest BCUT2D eigenvalue weighted by molar-refractivity contribution is 0.601. The fourth-order valence-corrected chi connectivity index (χ4v) is 3.35. The molecule has 25 heavy (non-hydrogen) atoms. The summed E-state index contributed by atoms with van der Waals surface area (Å²) in [5, 5.41) is 3.21. The maximum Gasteiger partial charge on any atom is 0.261 e. The van der Waals surface area contributed by atoms with Crippen LogP contribution in [0.3, 0.4) is 0 Å². The van der Waals surface area contributed by atoms with E-state index < -0.39 is 10.0 Å². The Bertz CT molecular complexity index is 966. The number of nitrogens with one attached hydrogen (secondary N) is 2. The summed E-state index contributed by atoms with van der Waals surface area (Å²) in [6, 6.07) is 18.0. The number of pyridine rings is 1. The molecule has 0 saturated carbocycles. The second-order valence-corrected chi connectivity index (χ2v) is 7.47. The minimum atomic E-state index is -3.62. The molecule has 0 atom stereocenters. The van der Waals surface area contributed by atoms with Crippen molar-refractivity contribution in [1.82, 2.24) is 4.98 Å². The Hall–Kier alpha value is -2.86. The Morgan fingerprint density at radius 2 is 1.60 bits per heavy atom. The first-order valence-electron chi connectivity index (χ1n) is 7.82. The molecule has 0 unspecified atom stereocenters. The van der Waals surface area contributed by atoms with Crippen LogP contribution in [0.5, 0.6) is 0 Å². The molecule has 6 heteroatoms. The summed E-state index contributed by atoms with van der Waals surface area (Å²) in [4.78, 5) is 4.49. The van der Waals surface area contributed by atoms with Crippen LogP contribution in [-0.4, -0.2) is 13.4 Å². The highest BCUT2D eigenvalue weighted by Crippen LogP contribution is 2.21. The van der Waals surface area contributed by atoms with Gasteiger partial charge >= 0.3 is 0 Å². The van der Waals surface area contributed by atoms with E-state index in [1.807, 2.05) is 38.1 Å². The van der Waals surface area contributed by atoms with E-state index in [1.54, 1.807) is 36.4 Å². The molecule has 0 aliphatic rings. The molecule has 0 fully saturated rings. The van der Waals surface area contributed by atoms with Crippen molar-refractivity contribution in [2.45, 2.75) is 18.7 Å². The molecular weight excluding hydrogens is 334 g/mol. The van der Waals surface area contributed by atoms with E-state index >= 15 is 0 Å². The van der Waals surface area contributed by atoms with Gasteiger partial charge in [0.25, 0.3) is 10.0 Å². The number of anilines is 3. The highest BCUT2D eigenvalue weighted by Gasteiger charge is 2.14. The third-order valence-electron chi connectivity index (χ3n) is 3.75. The van der Waals surface area contributed by atoms with E-state index in [2.05, 4.69) is 15.0 Å². The summed E-state index contributed by atoms with van der Waals surface area (Å²) in [7, 11) is -3.62. The topological polar surface area (TPSA) is 71.1 Å². The summed E-state index contributed by atoms with van der Waals surface area (Å²) in [5.74, 6) is 0.646. The summed E-state index contributed by atoms with van der Waals surface area (Å²) < 4.78 is 27.3. The molecule has 2 aromatic carbocycles. The number of sulfonamides is 1. The van der Waals surface area contributed by atoms with E-state index in [1.165, 1.54) is 6.20 Å². The molecule has 2 N–H and O–H groups in total. The van der Waals surface area contributed by atoms with Gasteiger partial charge in [-0.15, -0.1) is 0 Å². The predicted octanol–water partition coefficient (Wildman–Crippen LogP) is 4.24. The van der Waals surface area contributed by atoms with Crippen LogP contribution in [0.4, 0.5) is 17.2 Å². The number of aromatic nitrogens is 1. The Morgan fingerprint density at radius 3 is 2.24 bits per heavy atom. The third kappa shape index (κ3) is 4.16. The summed E-state index contributed by atoms with van der Waals surface area (Å²) >= 11 is 0. The number of rotatable bonds is 5. The molecule has 0 amide bonds. The molecule has 5 nitrogen and oxygen atoms in total. The Balaban J connectivity index is 1.74. The van der Waals surface area contributed by atoms with Gasteiger partial charge in [-0.25, -0.2) is 13.4 Å². The Kier molecular flexibility index (Phi) is 4.72. The minimum Gasteiger partial charge on any atom is -0.340 e. The molecule has 3 rings (SSSR count). The minimum absolute atomic E-state index is 0.222. The smallest absolute Gasteiger partial charge is 0.261 e. The summed E-state index contributed by atoms with van der Waals surface area (Å²) in [6.07, 6.45) is 1.49. The van der Waals surface area contributed by atoms with Crippen molar-refractivity contribution in [2.75, 3.05) is 10.0 Å². The van der Waals surface area contributed by atoms with Gasteiger partial charge in [-0.1, -0.05) is 35.9 Å². The molecule has 3 aromatic rings. The van der Waals surface area contributed by atoms with Crippen LogP contribution in [0.2, 0.25) is 0 Å². The van der Waals surface area contributed by atoms with Crippen molar-refractivity contribution >= 4 is 27.2 Å². The van der Waals surface area contributed by atoms with Gasteiger partial charge in [0.1, 0.15) is 5.82 Å². The quantitative estimate of drug-likeness (QED) is 0.719. The molecule has 1 heterocycles. The summed E-state index contributed by atoms with van der Waals surface area (Å²) in [5.41, 5.74) is 3.49. The highest BCUT2D eigenvalue weighted by atomic mass is 32.2. The molecule has 0 bridgehead atoms. The zero-order chi connectivity index (χ0) is 17.9. The van der Waals surface area contributed by atoms with Crippen molar-refractivity contribution in [3.63, 3.8) is 0 Å². The zero-order valence-corrected chi connectivity index (χ0v) is 14.8. The van der Waals surface area contributed by atoms with E-state index in [0.717, 1.165) is 16.8 Å². The normalized spacial score (nSPS) is 11.1. The maximum atomic E-state index is 12.4. The second-order valence-electron chi connectivity index (χ2n) is 5.79. The lowest BCUT2D eigenvalue weighted by Crippen LogP contribution is -2.13. The first-order valence-corrected chi connectivity index (χ1v) is 9.30. The van der Waals surface area contributed by atoms with Crippen molar-refractivity contribution in [1.29, 1.82) is 0 Å². The number of benzene rings is 2. The average Bonchev–Trinajstić information content (AvgIpc) is 2.59. The maximum absolute atomic E-state index is 12.4. The van der Waals surface area contributed by atoms with Gasteiger partial charge in [0.05, 0.1) is 16.8 Å². The number of aryl methyl sites for hydroxylation is 2. The molecule has 0 saturated heterocycles. The molecular formula is C19H19N3O2S. The van der Waals surface area contributed by atoms with Crippen LogP contribution in [0.15, 0.2) is 71.8 Å². The average molecular weight is 353 g/mol. The van der Waals surface area contributed by atoms with Crippen LogP contribution in [0, 0.1) is 13.8 Å². The van der Waals surface area contributed by atoms with Crippen LogP contribution < -0.4 is 10.0 Å². The number of para-hydroxylation sites is 1. The molecule has 1 aromatic heterocycles. The van der Waals surface area contributed by atoms with Gasteiger partial charge in [0.2, 0.25) is 0 Å². The van der Waals surface area contributed by atoms with Crippen molar-refractivity contribution < 1.29 is 8.42 Å². The highest BCUT2D eigenvalue weighted by molar-refractivity contribution is 7.92. The summed E-state index contributed by atoms with van der Waals surface area (Å²) in [6.45, 7) is 3.92. The Labute approximate surface area is 147 Å². The predicted molar refractivity (Wildman–Crippen MR) is 101 cm³/mol. The van der Waals surface area contributed by atoms with Crippen LogP contribution in [0.1, 0.15) is 11.1 Å². The monoisotopic (exact) mass is 353 g/mol. The van der Waals surface area contributed by atoms with Gasteiger partial charge in [-0.2, -0.15) is 0 Å². The van der Waals surface area contributed by atoms with E-state index in [0.29, 0.717) is 11.5 Å². The third-order valence-corrected chi connectivity index (χ3v) is 5.15. The van der Waals surface area contributed by atoms with Gasteiger partial charge in [0.15, 0.2) is 0 Å². The van der Waals surface area contributed by atoms with Gasteiger partial charge in [-0.05, 0) is 49.7 Å². The molecule has 0 radical (unpaired) electrons. The second kappa shape index (κ2) is 6.94. The van der Waals surface area contributed by atoms with E-state index in [4.69, 9.17) is 0 Å². The fourth-order valence-electron chi connectivity index (χ4n) is 2.31. The van der Waals surface area contributed by atoms with E-state index in [-0.39, 0.29) is 4.90 Å². The number of nitrogens with zero attached hydrogens (tertiary/aromatic N) is 1. The van der Waals surface area contributed by atoms with Gasteiger partial charge < -0.3 is 5.32 Å². The molecule has 128 valence electrons. The van der Waals surface area contributed by atoms with Crippen molar-refractivity contribution in [2.24, 2.45) is 0 Å². The first kappa shape index (κ1) is 17.0.